The Morgan fingerprint density at radius 3 is 1.97 bits per heavy atom. The molecule has 0 aromatic heterocycles. The number of piperidine rings is 1. The quantitative estimate of drug-likeness (QED) is 0.505. The number of fused-ring (bicyclic) bond motifs is 1. The van der Waals surface area contributed by atoms with Crippen molar-refractivity contribution in [2.24, 2.45) is 0 Å². The third-order valence-electron chi connectivity index (χ3n) is 8.03. The standard InChI is InChI=1S/C28H29N3O4S2/c1-20-8-12-23(13-9-20)36(32,33)30-17-16-28-22(18-30)19-31(37(34,35)24-14-10-21(2)11-15-24)27(28)29(3)26-7-5-4-6-25(26)28/h4-15,19,27H,16-18H2,1-3H3/t27-,28+/m1/s1. The molecule has 3 aromatic rings. The van der Waals surface area contributed by atoms with Gasteiger partial charge in [-0.1, -0.05) is 53.6 Å². The molecule has 3 aromatic carbocycles. The molecule has 1 spiro atoms. The first-order chi connectivity index (χ1) is 17.6. The molecular weight excluding hydrogens is 506 g/mol. The van der Waals surface area contributed by atoms with E-state index in [1.54, 1.807) is 54.7 Å². The first-order valence-electron chi connectivity index (χ1n) is 12.3. The van der Waals surface area contributed by atoms with E-state index < -0.39 is 31.6 Å². The van der Waals surface area contributed by atoms with Crippen LogP contribution in [-0.2, 0) is 25.5 Å². The lowest BCUT2D eigenvalue weighted by Crippen LogP contribution is -2.55. The van der Waals surface area contributed by atoms with Crippen molar-refractivity contribution in [1.82, 2.24) is 8.61 Å². The number of aryl methyl sites for hydroxylation is 2. The third-order valence-corrected chi connectivity index (χ3v) is 11.6. The van der Waals surface area contributed by atoms with Crippen LogP contribution in [0.2, 0.25) is 0 Å². The smallest absolute Gasteiger partial charge is 0.265 e. The summed E-state index contributed by atoms with van der Waals surface area (Å²) in [5.74, 6) is 0. The Balaban J connectivity index is 1.47. The number of rotatable bonds is 4. The Morgan fingerprint density at radius 1 is 0.784 bits per heavy atom. The molecule has 192 valence electrons. The number of benzene rings is 3. The van der Waals surface area contributed by atoms with E-state index in [4.69, 9.17) is 0 Å². The maximum absolute atomic E-state index is 14.0. The van der Waals surface area contributed by atoms with Crippen molar-refractivity contribution in [2.75, 3.05) is 25.0 Å². The number of anilines is 1. The van der Waals surface area contributed by atoms with Crippen molar-refractivity contribution >= 4 is 25.7 Å². The second-order valence-corrected chi connectivity index (χ2v) is 14.0. The normalized spacial score (nSPS) is 23.4. The largest absolute Gasteiger partial charge is 0.352 e. The van der Waals surface area contributed by atoms with E-state index in [0.717, 1.165) is 28.0 Å². The van der Waals surface area contributed by atoms with Crippen molar-refractivity contribution in [2.45, 2.75) is 41.6 Å². The lowest BCUT2D eigenvalue weighted by atomic mass is 9.71. The number of hydrogen-bond donors (Lipinski definition) is 0. The highest BCUT2D eigenvalue weighted by atomic mass is 32.2. The van der Waals surface area contributed by atoms with E-state index in [0.29, 0.717) is 13.0 Å². The fourth-order valence-electron chi connectivity index (χ4n) is 6.10. The van der Waals surface area contributed by atoms with Gasteiger partial charge in [-0.25, -0.2) is 16.8 Å². The highest BCUT2D eigenvalue weighted by Crippen LogP contribution is 2.58. The zero-order valence-electron chi connectivity index (χ0n) is 21.0. The Bertz CT molecular complexity index is 1630. The minimum Gasteiger partial charge on any atom is -0.352 e. The van der Waals surface area contributed by atoms with Crippen LogP contribution in [0.5, 0.6) is 0 Å². The van der Waals surface area contributed by atoms with Gasteiger partial charge in [0, 0.05) is 32.0 Å². The lowest BCUT2D eigenvalue weighted by molar-refractivity contribution is 0.254. The Hall–Kier alpha value is -3.14. The molecule has 0 saturated carbocycles. The molecule has 0 unspecified atom stereocenters. The van der Waals surface area contributed by atoms with E-state index >= 15 is 0 Å². The van der Waals surface area contributed by atoms with Crippen LogP contribution in [0, 0.1) is 13.8 Å². The van der Waals surface area contributed by atoms with Gasteiger partial charge >= 0.3 is 0 Å². The topological polar surface area (TPSA) is 78.0 Å². The molecular formula is C28H29N3O4S2. The molecule has 0 aliphatic carbocycles. The van der Waals surface area contributed by atoms with Gasteiger partial charge in [-0.2, -0.15) is 4.31 Å². The van der Waals surface area contributed by atoms with Crippen LogP contribution in [0.4, 0.5) is 5.69 Å². The SMILES string of the molecule is Cc1ccc(S(=O)(=O)N2CC[C@@]34C(=CN(S(=O)(=O)c5ccc(C)cc5)[C@H]3N(C)c3ccccc34)C2)cc1. The van der Waals surface area contributed by atoms with Gasteiger partial charge in [0.2, 0.25) is 10.0 Å². The molecule has 0 bridgehead atoms. The van der Waals surface area contributed by atoms with Crippen LogP contribution in [-0.4, -0.2) is 51.7 Å². The van der Waals surface area contributed by atoms with Crippen molar-refractivity contribution in [3.8, 4) is 0 Å². The molecule has 9 heteroatoms. The Kier molecular flexibility index (Phi) is 5.35. The van der Waals surface area contributed by atoms with E-state index in [-0.39, 0.29) is 16.3 Å². The zero-order valence-corrected chi connectivity index (χ0v) is 22.6. The molecule has 37 heavy (non-hydrogen) atoms. The molecule has 0 radical (unpaired) electrons. The molecule has 3 aliphatic heterocycles. The van der Waals surface area contributed by atoms with Crippen molar-refractivity contribution in [3.05, 3.63) is 101 Å². The maximum atomic E-state index is 14.0. The van der Waals surface area contributed by atoms with Gasteiger partial charge in [0.05, 0.1) is 15.2 Å². The second-order valence-electron chi connectivity index (χ2n) is 10.2. The second kappa shape index (κ2) is 8.18. The highest BCUT2D eigenvalue weighted by molar-refractivity contribution is 7.89. The van der Waals surface area contributed by atoms with Crippen molar-refractivity contribution in [1.29, 1.82) is 0 Å². The van der Waals surface area contributed by atoms with Gasteiger partial charge in [-0.15, -0.1) is 0 Å². The van der Waals surface area contributed by atoms with Crippen LogP contribution in [0.3, 0.4) is 0 Å². The molecule has 3 aliphatic rings. The van der Waals surface area contributed by atoms with Gasteiger partial charge in [-0.05, 0) is 61.7 Å². The number of nitrogens with zero attached hydrogens (tertiary/aromatic N) is 3. The van der Waals surface area contributed by atoms with Crippen molar-refractivity contribution < 1.29 is 16.8 Å². The summed E-state index contributed by atoms with van der Waals surface area (Å²) in [6.45, 7) is 4.27. The van der Waals surface area contributed by atoms with E-state index in [2.05, 4.69) is 0 Å². The number of hydrogen-bond acceptors (Lipinski definition) is 5. The Labute approximate surface area is 218 Å². The summed E-state index contributed by atoms with van der Waals surface area (Å²) in [6.07, 6.45) is 1.66. The average molecular weight is 536 g/mol. The van der Waals surface area contributed by atoms with Crippen molar-refractivity contribution in [3.63, 3.8) is 0 Å². The number of likely N-dealkylation sites (N-methyl/N-ethyl adjacent to an activating group) is 1. The first-order valence-corrected chi connectivity index (χ1v) is 15.2. The predicted octanol–water partition coefficient (Wildman–Crippen LogP) is 4.00. The number of para-hydroxylation sites is 1. The summed E-state index contributed by atoms with van der Waals surface area (Å²) < 4.78 is 58.0. The van der Waals surface area contributed by atoms with Gasteiger partial charge in [0.1, 0.15) is 6.17 Å². The molecule has 3 heterocycles. The fraction of sp³-hybridized carbons (Fsp3) is 0.286. The summed E-state index contributed by atoms with van der Waals surface area (Å²) in [4.78, 5) is 2.49. The van der Waals surface area contributed by atoms with Crippen LogP contribution >= 0.6 is 0 Å². The minimum atomic E-state index is -3.89. The third kappa shape index (κ3) is 3.41. The maximum Gasteiger partial charge on any atom is 0.265 e. The molecule has 6 rings (SSSR count). The van der Waals surface area contributed by atoms with Crippen LogP contribution in [0.15, 0.2) is 94.4 Å². The van der Waals surface area contributed by atoms with E-state index in [1.807, 2.05) is 50.1 Å². The minimum absolute atomic E-state index is 0.134. The summed E-state index contributed by atoms with van der Waals surface area (Å²) in [5, 5.41) is 0. The molecule has 1 saturated heterocycles. The van der Waals surface area contributed by atoms with Gasteiger partial charge in [0.15, 0.2) is 0 Å². The lowest BCUT2D eigenvalue weighted by Gasteiger charge is -2.43. The van der Waals surface area contributed by atoms with E-state index in [9.17, 15) is 16.8 Å². The van der Waals surface area contributed by atoms with Crippen LogP contribution in [0.1, 0.15) is 23.1 Å². The fourth-order valence-corrected chi connectivity index (χ4v) is 9.09. The van der Waals surface area contributed by atoms with Gasteiger partial charge in [-0.3, -0.25) is 4.31 Å². The average Bonchev–Trinajstić information content (AvgIpc) is 3.36. The molecule has 7 nitrogen and oxygen atoms in total. The van der Waals surface area contributed by atoms with E-state index in [1.165, 1.54) is 8.61 Å². The van der Waals surface area contributed by atoms with Crippen LogP contribution in [0.25, 0.3) is 0 Å². The van der Waals surface area contributed by atoms with Gasteiger partial charge in [0.25, 0.3) is 10.0 Å². The molecule has 0 N–H and O–H groups in total. The summed E-state index contributed by atoms with van der Waals surface area (Å²) in [6, 6.07) is 21.7. The summed E-state index contributed by atoms with van der Waals surface area (Å²) >= 11 is 0. The van der Waals surface area contributed by atoms with Crippen LogP contribution < -0.4 is 4.90 Å². The zero-order chi connectivity index (χ0) is 26.2. The summed E-state index contributed by atoms with van der Waals surface area (Å²) in [5.41, 5.74) is 4.15. The number of sulfonamides is 2. The molecule has 0 amide bonds. The Morgan fingerprint density at radius 2 is 1.35 bits per heavy atom. The molecule has 2 atom stereocenters. The highest BCUT2D eigenvalue weighted by Gasteiger charge is 2.62. The van der Waals surface area contributed by atoms with Gasteiger partial charge < -0.3 is 4.90 Å². The molecule has 1 fully saturated rings. The summed E-state index contributed by atoms with van der Waals surface area (Å²) in [7, 11) is -5.71. The predicted molar refractivity (Wildman–Crippen MR) is 143 cm³/mol. The first kappa shape index (κ1) is 24.2. The monoisotopic (exact) mass is 535 g/mol.